The number of rotatable bonds is 2. The first-order valence-corrected chi connectivity index (χ1v) is 6.62. The summed E-state index contributed by atoms with van der Waals surface area (Å²) in [7, 11) is 0. The van der Waals surface area contributed by atoms with Crippen molar-refractivity contribution in [1.29, 1.82) is 0 Å². The molecule has 2 N–H and O–H groups in total. The highest BCUT2D eigenvalue weighted by Crippen LogP contribution is 2.38. The Morgan fingerprint density at radius 1 is 1.38 bits per heavy atom. The van der Waals surface area contributed by atoms with Gasteiger partial charge in [-0.2, -0.15) is 0 Å². The van der Waals surface area contributed by atoms with E-state index in [1.165, 1.54) is 6.20 Å². The van der Waals surface area contributed by atoms with Crippen LogP contribution in [-0.2, 0) is 12.0 Å². The first kappa shape index (κ1) is 15.6. The van der Waals surface area contributed by atoms with Crippen LogP contribution in [0.1, 0.15) is 28.4 Å². The molecular weight excluding hydrogens is 311 g/mol. The monoisotopic (exact) mass is 324 g/mol. The summed E-state index contributed by atoms with van der Waals surface area (Å²) in [4.78, 5) is 15.2. The van der Waals surface area contributed by atoms with Crippen LogP contribution in [0.5, 0.6) is 0 Å². The van der Waals surface area contributed by atoms with Crippen LogP contribution in [0.3, 0.4) is 0 Å². The number of carbonyl (C=O) groups is 1. The highest BCUT2D eigenvalue weighted by atomic mass is 35.5. The molecule has 3 rings (SSSR count). The SMILES string of the molecule is C[C@]1(c2ccc(Cl)cc2)Cc2cc(C(=O)O)cnc2N1.Cl. The van der Waals surface area contributed by atoms with Gasteiger partial charge < -0.3 is 10.4 Å². The first-order chi connectivity index (χ1) is 9.48. The zero-order valence-corrected chi connectivity index (χ0v) is 12.8. The van der Waals surface area contributed by atoms with Gasteiger partial charge in [-0.3, -0.25) is 0 Å². The third kappa shape index (κ3) is 2.82. The lowest BCUT2D eigenvalue weighted by Crippen LogP contribution is -2.29. The van der Waals surface area contributed by atoms with Gasteiger partial charge in [0.1, 0.15) is 5.82 Å². The van der Waals surface area contributed by atoms with Crippen LogP contribution in [0.15, 0.2) is 36.5 Å². The molecule has 1 aromatic heterocycles. The molecule has 0 amide bonds. The van der Waals surface area contributed by atoms with Crippen LogP contribution >= 0.6 is 24.0 Å². The lowest BCUT2D eigenvalue weighted by atomic mass is 9.89. The molecule has 0 saturated heterocycles. The number of carboxylic acid groups (broad SMARTS) is 1. The van der Waals surface area contributed by atoms with E-state index in [9.17, 15) is 4.79 Å². The molecule has 0 spiro atoms. The minimum Gasteiger partial charge on any atom is -0.478 e. The Hall–Kier alpha value is -1.78. The highest BCUT2D eigenvalue weighted by molar-refractivity contribution is 6.30. The van der Waals surface area contributed by atoms with Crippen molar-refractivity contribution < 1.29 is 9.90 Å². The van der Waals surface area contributed by atoms with E-state index < -0.39 is 5.97 Å². The summed E-state index contributed by atoms with van der Waals surface area (Å²) in [6.45, 7) is 2.07. The fraction of sp³-hybridized carbons (Fsp3) is 0.200. The van der Waals surface area contributed by atoms with E-state index in [4.69, 9.17) is 16.7 Å². The van der Waals surface area contributed by atoms with E-state index in [0.29, 0.717) is 11.4 Å². The van der Waals surface area contributed by atoms with Gasteiger partial charge in [0.25, 0.3) is 0 Å². The number of pyridine rings is 1. The number of hydrogen-bond donors (Lipinski definition) is 2. The molecule has 2 heterocycles. The number of nitrogens with one attached hydrogen (secondary N) is 1. The number of nitrogens with zero attached hydrogens (tertiary/aromatic N) is 1. The third-order valence-electron chi connectivity index (χ3n) is 3.63. The van der Waals surface area contributed by atoms with Gasteiger partial charge in [-0.05, 0) is 36.2 Å². The minimum atomic E-state index is -0.958. The second kappa shape index (κ2) is 5.54. The van der Waals surface area contributed by atoms with E-state index in [1.807, 2.05) is 24.3 Å². The van der Waals surface area contributed by atoms with E-state index in [0.717, 1.165) is 16.9 Å². The molecule has 0 unspecified atom stereocenters. The second-order valence-corrected chi connectivity index (χ2v) is 5.61. The maximum absolute atomic E-state index is 11.0. The zero-order valence-electron chi connectivity index (χ0n) is 11.3. The van der Waals surface area contributed by atoms with Gasteiger partial charge in [0.2, 0.25) is 0 Å². The van der Waals surface area contributed by atoms with Crippen LogP contribution in [-0.4, -0.2) is 16.1 Å². The minimum absolute atomic E-state index is 0. The Balaban J connectivity index is 0.00000161. The van der Waals surface area contributed by atoms with Gasteiger partial charge in [0, 0.05) is 17.6 Å². The molecule has 21 heavy (non-hydrogen) atoms. The summed E-state index contributed by atoms with van der Waals surface area (Å²) in [5.41, 5.74) is 1.93. The van der Waals surface area contributed by atoms with Crippen LogP contribution in [0.2, 0.25) is 5.02 Å². The Morgan fingerprint density at radius 2 is 2.05 bits per heavy atom. The Bertz CT molecular complexity index is 689. The van der Waals surface area contributed by atoms with Crippen LogP contribution < -0.4 is 5.32 Å². The molecule has 1 aromatic carbocycles. The quantitative estimate of drug-likeness (QED) is 0.883. The zero-order chi connectivity index (χ0) is 14.3. The summed E-state index contributed by atoms with van der Waals surface area (Å²) in [6, 6.07) is 9.32. The van der Waals surface area contributed by atoms with Crippen molar-refractivity contribution >= 4 is 35.8 Å². The number of carboxylic acids is 1. The Labute approximate surface area is 133 Å². The summed E-state index contributed by atoms with van der Waals surface area (Å²) >= 11 is 5.91. The van der Waals surface area contributed by atoms with Gasteiger partial charge >= 0.3 is 5.97 Å². The van der Waals surface area contributed by atoms with Crippen LogP contribution in [0.25, 0.3) is 0 Å². The molecular formula is C15H14Cl2N2O2. The third-order valence-corrected chi connectivity index (χ3v) is 3.89. The van der Waals surface area contributed by atoms with Gasteiger partial charge in [0.15, 0.2) is 0 Å². The maximum Gasteiger partial charge on any atom is 0.337 e. The summed E-state index contributed by atoms with van der Waals surface area (Å²) in [5.74, 6) is -0.215. The predicted octanol–water partition coefficient (Wildman–Crippen LogP) is 3.74. The molecule has 1 aliphatic heterocycles. The molecule has 4 nitrogen and oxygen atoms in total. The molecule has 0 fully saturated rings. The fourth-order valence-corrected chi connectivity index (χ4v) is 2.68. The van der Waals surface area contributed by atoms with Gasteiger partial charge in [0.05, 0.1) is 11.1 Å². The molecule has 0 saturated carbocycles. The standard InChI is InChI=1S/C15H13ClN2O2.ClH/c1-15(11-2-4-12(16)5-3-11)7-9-6-10(14(19)20)8-17-13(9)18-15;/h2-6,8H,7H2,1H3,(H,17,18)(H,19,20);1H/t15-;/m1./s1. The van der Waals surface area contributed by atoms with Crippen molar-refractivity contribution in [3.8, 4) is 0 Å². The summed E-state index contributed by atoms with van der Waals surface area (Å²) in [5, 5.41) is 13.1. The van der Waals surface area contributed by atoms with E-state index in [1.54, 1.807) is 6.07 Å². The van der Waals surface area contributed by atoms with E-state index in [-0.39, 0.29) is 23.5 Å². The molecule has 1 atom stereocenters. The summed E-state index contributed by atoms with van der Waals surface area (Å²) in [6.07, 6.45) is 2.07. The fourth-order valence-electron chi connectivity index (χ4n) is 2.55. The smallest absolute Gasteiger partial charge is 0.337 e. The predicted molar refractivity (Wildman–Crippen MR) is 84.6 cm³/mol. The number of halogens is 2. The van der Waals surface area contributed by atoms with Crippen LogP contribution in [0.4, 0.5) is 5.82 Å². The highest BCUT2D eigenvalue weighted by Gasteiger charge is 2.35. The van der Waals surface area contributed by atoms with Gasteiger partial charge in [-0.15, -0.1) is 12.4 Å². The van der Waals surface area contributed by atoms with Crippen molar-refractivity contribution in [3.05, 3.63) is 58.2 Å². The topological polar surface area (TPSA) is 62.2 Å². The number of hydrogen-bond acceptors (Lipinski definition) is 3. The first-order valence-electron chi connectivity index (χ1n) is 6.24. The molecule has 0 bridgehead atoms. The van der Waals surface area contributed by atoms with Crippen molar-refractivity contribution in [1.82, 2.24) is 4.98 Å². The summed E-state index contributed by atoms with van der Waals surface area (Å²) < 4.78 is 0. The number of benzene rings is 1. The van der Waals surface area contributed by atoms with E-state index >= 15 is 0 Å². The molecule has 0 radical (unpaired) electrons. The lowest BCUT2D eigenvalue weighted by molar-refractivity contribution is 0.0696. The van der Waals surface area contributed by atoms with Crippen molar-refractivity contribution in [2.24, 2.45) is 0 Å². The van der Waals surface area contributed by atoms with Gasteiger partial charge in [-0.1, -0.05) is 23.7 Å². The Morgan fingerprint density at radius 3 is 2.67 bits per heavy atom. The Kier molecular flexibility index (Phi) is 4.12. The lowest BCUT2D eigenvalue weighted by Gasteiger charge is -2.25. The van der Waals surface area contributed by atoms with E-state index in [2.05, 4.69) is 17.2 Å². The molecule has 1 aliphatic rings. The molecule has 110 valence electrons. The number of aromatic nitrogens is 1. The largest absolute Gasteiger partial charge is 0.478 e. The van der Waals surface area contributed by atoms with Crippen molar-refractivity contribution in [3.63, 3.8) is 0 Å². The van der Waals surface area contributed by atoms with Crippen molar-refractivity contribution in [2.75, 3.05) is 5.32 Å². The molecule has 0 aliphatic carbocycles. The van der Waals surface area contributed by atoms with Gasteiger partial charge in [-0.25, -0.2) is 9.78 Å². The van der Waals surface area contributed by atoms with Crippen LogP contribution in [0, 0.1) is 0 Å². The normalized spacial score (nSPS) is 19.3. The number of anilines is 1. The number of fused-ring (bicyclic) bond motifs is 1. The maximum atomic E-state index is 11.0. The second-order valence-electron chi connectivity index (χ2n) is 5.18. The average Bonchev–Trinajstić information content (AvgIpc) is 2.75. The van der Waals surface area contributed by atoms with Crippen molar-refractivity contribution in [2.45, 2.75) is 18.9 Å². The average molecular weight is 325 g/mol. The molecule has 2 aromatic rings. The molecule has 6 heteroatoms. The number of aromatic carboxylic acids is 1.